The van der Waals surface area contributed by atoms with E-state index in [2.05, 4.69) is 22.0 Å². The molecular weight excluding hydrogens is 523 g/mol. The topological polar surface area (TPSA) is 92.1 Å². The summed E-state index contributed by atoms with van der Waals surface area (Å²) in [7, 11) is 3.42. The number of likely N-dealkylation sites (N-methyl/N-ethyl adjacent to an activating group) is 1. The van der Waals surface area contributed by atoms with E-state index in [1.165, 1.54) is 15.6 Å². The van der Waals surface area contributed by atoms with Crippen molar-refractivity contribution in [1.29, 1.82) is 0 Å². The van der Waals surface area contributed by atoms with Crippen LogP contribution in [0.15, 0.2) is 73.5 Å². The Morgan fingerprint density at radius 2 is 2.15 bits per heavy atom. The summed E-state index contributed by atoms with van der Waals surface area (Å²) in [5, 5.41) is 7.29. The molecule has 2 aromatic heterocycles. The number of carbonyl (C=O) groups is 2. The Kier molecular flexibility index (Phi) is 9.89. The van der Waals surface area contributed by atoms with E-state index in [9.17, 15) is 14.0 Å². The quantitative estimate of drug-likeness (QED) is 0.340. The number of rotatable bonds is 11. The maximum absolute atomic E-state index is 14.7. The van der Waals surface area contributed by atoms with E-state index < -0.39 is 12.3 Å². The van der Waals surface area contributed by atoms with Crippen LogP contribution in [-0.2, 0) is 11.2 Å². The number of allylic oxidation sites excluding steroid dienone is 3. The Balaban J connectivity index is 1.80. The summed E-state index contributed by atoms with van der Waals surface area (Å²) in [5.41, 5.74) is 3.46. The average molecular weight is 561 g/mol. The summed E-state index contributed by atoms with van der Waals surface area (Å²) in [6.07, 6.45) is 11.9. The zero-order valence-electron chi connectivity index (χ0n) is 23.8. The maximum Gasteiger partial charge on any atom is 0.261 e. The fourth-order valence-electron chi connectivity index (χ4n) is 4.55. The first-order valence-corrected chi connectivity index (χ1v) is 13.8. The molecule has 2 amide bonds. The van der Waals surface area contributed by atoms with Crippen LogP contribution in [0.5, 0.6) is 5.75 Å². The minimum atomic E-state index is -1.47. The van der Waals surface area contributed by atoms with E-state index in [1.54, 1.807) is 50.9 Å². The number of hydrogen-bond donors (Lipinski definition) is 1. The molecule has 1 aliphatic heterocycles. The van der Waals surface area contributed by atoms with Gasteiger partial charge in [0.15, 0.2) is 5.65 Å². The predicted molar refractivity (Wildman–Crippen MR) is 157 cm³/mol. The molecule has 0 bridgehead atoms. The summed E-state index contributed by atoms with van der Waals surface area (Å²) in [6.45, 7) is 6.50. The van der Waals surface area contributed by atoms with E-state index in [-0.39, 0.29) is 18.9 Å². The molecule has 1 aromatic carbocycles. The molecule has 3 aromatic rings. The fourth-order valence-corrected chi connectivity index (χ4v) is 4.55. The molecule has 0 saturated heterocycles. The standard InChI is InChI=1S/C31H37FN6O3/c1-5-10-22-13-14-27(41-28(32)11-6-2)24(18-22)23-12-7-8-16-37(21-29(39)36(3)4)20-26(23)35-31(40)25-19-34-38-17-9-15-33-30(25)38/h5,9,12-15,17-20,28H,1,6-8,10-11,16,21H2,2-4H3,(H,35,40)/b23-12+,26-20+. The molecule has 41 heavy (non-hydrogen) atoms. The van der Waals surface area contributed by atoms with Crippen LogP contribution in [-0.4, -0.2) is 69.8 Å². The minimum absolute atomic E-state index is 0.0679. The number of nitrogens with one attached hydrogen (secondary N) is 1. The first kappa shape index (κ1) is 29.5. The van der Waals surface area contributed by atoms with Gasteiger partial charge in [0, 0.05) is 56.8 Å². The number of carbonyl (C=O) groups excluding carboxylic acids is 2. The highest BCUT2D eigenvalue weighted by molar-refractivity contribution is 6.02. The Hall–Kier alpha value is -4.47. The molecule has 1 unspecified atom stereocenters. The van der Waals surface area contributed by atoms with Crippen molar-refractivity contribution in [2.45, 2.75) is 45.4 Å². The number of ether oxygens (including phenoxy) is 1. The highest BCUT2D eigenvalue weighted by atomic mass is 19.1. The van der Waals surface area contributed by atoms with Crippen molar-refractivity contribution < 1.29 is 18.7 Å². The zero-order chi connectivity index (χ0) is 29.4. The number of amides is 2. The van der Waals surface area contributed by atoms with Gasteiger partial charge in [-0.3, -0.25) is 9.59 Å². The molecule has 0 saturated carbocycles. The molecule has 0 aliphatic carbocycles. The SMILES string of the molecule is C=CCc1ccc(OC(F)CCC)c(C2=C\CCCN(CC(=O)N(C)C)/C=C\2NC(=O)c2cnn3cccnc23)c1. The average Bonchev–Trinajstić information content (AvgIpc) is 3.37. The molecule has 0 spiro atoms. The van der Waals surface area contributed by atoms with Crippen molar-refractivity contribution in [2.24, 2.45) is 0 Å². The molecule has 216 valence electrons. The predicted octanol–water partition coefficient (Wildman–Crippen LogP) is 4.77. The first-order chi connectivity index (χ1) is 19.8. The minimum Gasteiger partial charge on any atom is -0.460 e. The second-order valence-electron chi connectivity index (χ2n) is 10.1. The van der Waals surface area contributed by atoms with Crippen LogP contribution in [0, 0.1) is 0 Å². The normalized spacial score (nSPS) is 16.9. The second-order valence-corrected chi connectivity index (χ2v) is 10.1. The molecule has 1 N–H and O–H groups in total. The van der Waals surface area contributed by atoms with Crippen LogP contribution < -0.4 is 10.1 Å². The van der Waals surface area contributed by atoms with Crippen LogP contribution in [0.4, 0.5) is 4.39 Å². The third kappa shape index (κ3) is 7.39. The van der Waals surface area contributed by atoms with Crippen LogP contribution in [0.2, 0.25) is 0 Å². The van der Waals surface area contributed by atoms with E-state index >= 15 is 0 Å². The van der Waals surface area contributed by atoms with Crippen molar-refractivity contribution in [1.82, 2.24) is 29.7 Å². The first-order valence-electron chi connectivity index (χ1n) is 13.8. The number of hydrogen-bond acceptors (Lipinski definition) is 6. The lowest BCUT2D eigenvalue weighted by Crippen LogP contribution is -2.36. The van der Waals surface area contributed by atoms with Gasteiger partial charge in [-0.1, -0.05) is 25.1 Å². The van der Waals surface area contributed by atoms with Gasteiger partial charge >= 0.3 is 0 Å². The number of aromatic nitrogens is 3. The van der Waals surface area contributed by atoms with Crippen LogP contribution >= 0.6 is 0 Å². The molecule has 9 nitrogen and oxygen atoms in total. The van der Waals surface area contributed by atoms with Gasteiger partial charge in [0.1, 0.15) is 11.3 Å². The van der Waals surface area contributed by atoms with E-state index in [4.69, 9.17) is 4.74 Å². The van der Waals surface area contributed by atoms with Crippen molar-refractivity contribution in [3.63, 3.8) is 0 Å². The van der Waals surface area contributed by atoms with Gasteiger partial charge in [0.05, 0.1) is 18.4 Å². The Labute approximate surface area is 240 Å². The van der Waals surface area contributed by atoms with Gasteiger partial charge < -0.3 is 19.9 Å². The summed E-state index contributed by atoms with van der Waals surface area (Å²) in [4.78, 5) is 34.0. The van der Waals surface area contributed by atoms with Gasteiger partial charge in [-0.05, 0) is 49.4 Å². The summed E-state index contributed by atoms with van der Waals surface area (Å²) < 4.78 is 22.1. The van der Waals surface area contributed by atoms with Crippen LogP contribution in [0.25, 0.3) is 11.2 Å². The zero-order valence-corrected chi connectivity index (χ0v) is 23.8. The number of fused-ring (bicyclic) bond motifs is 1. The molecule has 1 aliphatic rings. The molecule has 4 rings (SSSR count). The van der Waals surface area contributed by atoms with E-state index in [0.717, 1.165) is 12.0 Å². The Morgan fingerprint density at radius 3 is 2.90 bits per heavy atom. The Bertz CT molecular complexity index is 1460. The molecule has 3 heterocycles. The lowest BCUT2D eigenvalue weighted by Gasteiger charge is -2.27. The van der Waals surface area contributed by atoms with Crippen LogP contribution in [0.3, 0.4) is 0 Å². The van der Waals surface area contributed by atoms with Gasteiger partial charge in [0.25, 0.3) is 5.91 Å². The molecule has 1 atom stereocenters. The van der Waals surface area contributed by atoms with Crippen molar-refractivity contribution >= 4 is 23.0 Å². The number of nitrogens with zero attached hydrogens (tertiary/aromatic N) is 5. The number of benzene rings is 1. The third-order valence-electron chi connectivity index (χ3n) is 6.69. The highest BCUT2D eigenvalue weighted by Crippen LogP contribution is 2.34. The lowest BCUT2D eigenvalue weighted by atomic mass is 9.96. The summed E-state index contributed by atoms with van der Waals surface area (Å²) >= 11 is 0. The maximum atomic E-state index is 14.7. The third-order valence-corrected chi connectivity index (χ3v) is 6.69. The van der Waals surface area contributed by atoms with Crippen molar-refractivity contribution in [2.75, 3.05) is 27.2 Å². The van der Waals surface area contributed by atoms with Crippen LogP contribution in [0.1, 0.15) is 54.1 Å². The number of alkyl halides is 1. The van der Waals surface area contributed by atoms with Gasteiger partial charge in [-0.2, -0.15) is 5.10 Å². The summed E-state index contributed by atoms with van der Waals surface area (Å²) in [6, 6.07) is 7.32. The lowest BCUT2D eigenvalue weighted by molar-refractivity contribution is -0.129. The molecule has 0 radical (unpaired) electrons. The van der Waals surface area contributed by atoms with E-state index in [0.29, 0.717) is 59.6 Å². The van der Waals surface area contributed by atoms with Gasteiger partial charge in [0.2, 0.25) is 12.3 Å². The second kappa shape index (κ2) is 13.7. The van der Waals surface area contributed by atoms with Crippen molar-refractivity contribution in [3.05, 3.63) is 90.2 Å². The highest BCUT2D eigenvalue weighted by Gasteiger charge is 2.23. The van der Waals surface area contributed by atoms with Gasteiger partial charge in [-0.25, -0.2) is 13.9 Å². The van der Waals surface area contributed by atoms with Crippen molar-refractivity contribution in [3.8, 4) is 5.75 Å². The number of halogens is 1. The largest absolute Gasteiger partial charge is 0.460 e. The molecule has 0 fully saturated rings. The monoisotopic (exact) mass is 560 g/mol. The fraction of sp³-hybridized carbons (Fsp3) is 0.355. The van der Waals surface area contributed by atoms with Gasteiger partial charge in [-0.15, -0.1) is 6.58 Å². The smallest absolute Gasteiger partial charge is 0.261 e. The summed E-state index contributed by atoms with van der Waals surface area (Å²) in [5.74, 6) is -0.102. The molecular formula is C31H37FN6O3. The molecule has 10 heteroatoms. The van der Waals surface area contributed by atoms with E-state index in [1.807, 2.05) is 30.0 Å². The Morgan fingerprint density at radius 1 is 1.32 bits per heavy atom.